The van der Waals surface area contributed by atoms with Crippen LogP contribution < -0.4 is 0 Å². The standard InChI is InChI=1S/C18H21N3O2/c1-12-7-8-14(20-11-12)17(16-13(2)5-3-9-19-16)21-10-4-6-15(21)18(22)23/h3,5,7-9,11,15,17H,4,6,10H2,1-2H3,(H,22,23). The SMILES string of the molecule is Cc1ccc(C(c2ncccc2C)N2CCCC2C(=O)O)nc1. The van der Waals surface area contributed by atoms with Crippen molar-refractivity contribution in [3.05, 3.63) is 59.2 Å². The molecule has 120 valence electrons. The fraction of sp³-hybridized carbons (Fsp3) is 0.389. The number of hydrogen-bond donors (Lipinski definition) is 1. The minimum Gasteiger partial charge on any atom is -0.480 e. The van der Waals surface area contributed by atoms with Gasteiger partial charge in [-0.15, -0.1) is 0 Å². The van der Waals surface area contributed by atoms with E-state index in [-0.39, 0.29) is 6.04 Å². The van der Waals surface area contributed by atoms with Gasteiger partial charge in [0.25, 0.3) is 0 Å². The molecule has 5 nitrogen and oxygen atoms in total. The Labute approximate surface area is 136 Å². The first-order chi connectivity index (χ1) is 11.1. The van der Waals surface area contributed by atoms with E-state index < -0.39 is 12.0 Å². The molecule has 2 aromatic rings. The van der Waals surface area contributed by atoms with Gasteiger partial charge in [-0.3, -0.25) is 19.7 Å². The van der Waals surface area contributed by atoms with Crippen LogP contribution in [0.15, 0.2) is 36.7 Å². The summed E-state index contributed by atoms with van der Waals surface area (Å²) in [5, 5.41) is 9.56. The van der Waals surface area contributed by atoms with Gasteiger partial charge in [-0.05, 0) is 49.9 Å². The lowest BCUT2D eigenvalue weighted by Crippen LogP contribution is -2.40. The van der Waals surface area contributed by atoms with Gasteiger partial charge in [-0.1, -0.05) is 12.1 Å². The van der Waals surface area contributed by atoms with E-state index in [0.29, 0.717) is 6.42 Å². The van der Waals surface area contributed by atoms with E-state index in [0.717, 1.165) is 35.5 Å². The molecule has 0 amide bonds. The van der Waals surface area contributed by atoms with Crippen LogP contribution in [0.1, 0.15) is 41.4 Å². The molecule has 0 aromatic carbocycles. The van der Waals surface area contributed by atoms with E-state index in [1.54, 1.807) is 6.20 Å². The van der Waals surface area contributed by atoms with E-state index in [1.807, 2.05) is 49.2 Å². The molecule has 1 fully saturated rings. The van der Waals surface area contributed by atoms with Crippen molar-refractivity contribution in [3.8, 4) is 0 Å². The fourth-order valence-electron chi connectivity index (χ4n) is 3.26. The highest BCUT2D eigenvalue weighted by Gasteiger charge is 2.38. The molecule has 0 spiro atoms. The van der Waals surface area contributed by atoms with Gasteiger partial charge in [0.15, 0.2) is 0 Å². The second-order valence-electron chi connectivity index (χ2n) is 6.10. The number of carboxylic acids is 1. The maximum absolute atomic E-state index is 11.6. The highest BCUT2D eigenvalue weighted by Crippen LogP contribution is 2.34. The molecule has 0 radical (unpaired) electrons. The Morgan fingerprint density at radius 3 is 2.78 bits per heavy atom. The Hall–Kier alpha value is -2.27. The largest absolute Gasteiger partial charge is 0.480 e. The molecule has 0 saturated carbocycles. The Bertz CT molecular complexity index is 700. The fourth-order valence-corrected chi connectivity index (χ4v) is 3.26. The average Bonchev–Trinajstić information content (AvgIpc) is 3.01. The van der Waals surface area contributed by atoms with Crippen molar-refractivity contribution >= 4 is 5.97 Å². The molecule has 23 heavy (non-hydrogen) atoms. The van der Waals surface area contributed by atoms with Crippen molar-refractivity contribution in [2.45, 2.75) is 38.8 Å². The van der Waals surface area contributed by atoms with Crippen LogP contribution in [0, 0.1) is 13.8 Å². The Morgan fingerprint density at radius 2 is 2.13 bits per heavy atom. The summed E-state index contributed by atoms with van der Waals surface area (Å²) >= 11 is 0. The summed E-state index contributed by atoms with van der Waals surface area (Å²) in [5.41, 5.74) is 3.87. The van der Waals surface area contributed by atoms with Gasteiger partial charge in [0.05, 0.1) is 17.4 Å². The van der Waals surface area contributed by atoms with E-state index >= 15 is 0 Å². The zero-order chi connectivity index (χ0) is 16.4. The molecular weight excluding hydrogens is 290 g/mol. The second-order valence-corrected chi connectivity index (χ2v) is 6.10. The monoisotopic (exact) mass is 311 g/mol. The maximum atomic E-state index is 11.6. The molecule has 0 bridgehead atoms. The molecule has 1 N–H and O–H groups in total. The van der Waals surface area contributed by atoms with Crippen molar-refractivity contribution in [2.75, 3.05) is 6.54 Å². The highest BCUT2D eigenvalue weighted by molar-refractivity contribution is 5.74. The van der Waals surface area contributed by atoms with E-state index in [1.165, 1.54) is 0 Å². The number of aromatic nitrogens is 2. The highest BCUT2D eigenvalue weighted by atomic mass is 16.4. The number of rotatable bonds is 4. The molecule has 3 heterocycles. The number of carboxylic acid groups (broad SMARTS) is 1. The molecule has 1 aliphatic rings. The number of carbonyl (C=O) groups is 1. The third-order valence-corrected chi connectivity index (χ3v) is 4.43. The number of likely N-dealkylation sites (tertiary alicyclic amines) is 1. The van der Waals surface area contributed by atoms with Gasteiger partial charge in [0, 0.05) is 18.9 Å². The lowest BCUT2D eigenvalue weighted by Gasteiger charge is -2.31. The predicted molar refractivity (Wildman–Crippen MR) is 87.2 cm³/mol. The van der Waals surface area contributed by atoms with Gasteiger partial charge in [-0.25, -0.2) is 0 Å². The van der Waals surface area contributed by atoms with Crippen LogP contribution in [0.5, 0.6) is 0 Å². The van der Waals surface area contributed by atoms with Crippen LogP contribution in [-0.4, -0.2) is 38.5 Å². The number of nitrogens with zero attached hydrogens (tertiary/aromatic N) is 3. The third kappa shape index (κ3) is 3.10. The summed E-state index contributed by atoms with van der Waals surface area (Å²) in [4.78, 5) is 22.8. The first kappa shape index (κ1) is 15.6. The molecule has 0 aliphatic carbocycles. The predicted octanol–water partition coefficient (Wildman–Crippen LogP) is 2.73. The average molecular weight is 311 g/mol. The Balaban J connectivity index is 2.08. The van der Waals surface area contributed by atoms with Crippen LogP contribution in [-0.2, 0) is 4.79 Å². The zero-order valence-corrected chi connectivity index (χ0v) is 13.4. The summed E-state index contributed by atoms with van der Waals surface area (Å²) in [7, 11) is 0. The van der Waals surface area contributed by atoms with E-state index in [4.69, 9.17) is 0 Å². The smallest absolute Gasteiger partial charge is 0.320 e. The van der Waals surface area contributed by atoms with Gasteiger partial charge < -0.3 is 5.11 Å². The van der Waals surface area contributed by atoms with Crippen LogP contribution >= 0.6 is 0 Å². The Morgan fingerprint density at radius 1 is 1.30 bits per heavy atom. The van der Waals surface area contributed by atoms with Crippen LogP contribution in [0.3, 0.4) is 0 Å². The van der Waals surface area contributed by atoms with Gasteiger partial charge in [0.2, 0.25) is 0 Å². The number of aliphatic carboxylic acids is 1. The number of aryl methyl sites for hydroxylation is 2. The summed E-state index contributed by atoms with van der Waals surface area (Å²) in [6.07, 6.45) is 5.14. The molecule has 3 rings (SSSR count). The van der Waals surface area contributed by atoms with Crippen molar-refractivity contribution in [2.24, 2.45) is 0 Å². The quantitative estimate of drug-likeness (QED) is 0.940. The molecule has 1 saturated heterocycles. The van der Waals surface area contributed by atoms with Crippen molar-refractivity contribution in [1.82, 2.24) is 14.9 Å². The molecule has 1 aliphatic heterocycles. The van der Waals surface area contributed by atoms with Crippen LogP contribution in [0.2, 0.25) is 0 Å². The van der Waals surface area contributed by atoms with Gasteiger partial charge >= 0.3 is 5.97 Å². The van der Waals surface area contributed by atoms with Crippen molar-refractivity contribution < 1.29 is 9.90 Å². The zero-order valence-electron chi connectivity index (χ0n) is 13.4. The Kier molecular flexibility index (Phi) is 4.39. The molecule has 2 aromatic heterocycles. The lowest BCUT2D eigenvalue weighted by molar-refractivity contribution is -0.142. The topological polar surface area (TPSA) is 66.3 Å². The van der Waals surface area contributed by atoms with E-state index in [2.05, 4.69) is 9.97 Å². The summed E-state index contributed by atoms with van der Waals surface area (Å²) in [5.74, 6) is -0.770. The lowest BCUT2D eigenvalue weighted by atomic mass is 10.0. The molecule has 2 unspecified atom stereocenters. The van der Waals surface area contributed by atoms with Crippen molar-refractivity contribution in [3.63, 3.8) is 0 Å². The second kappa shape index (κ2) is 6.46. The van der Waals surface area contributed by atoms with Gasteiger partial charge in [0.1, 0.15) is 6.04 Å². The minimum absolute atomic E-state index is 0.222. The third-order valence-electron chi connectivity index (χ3n) is 4.43. The van der Waals surface area contributed by atoms with Crippen LogP contribution in [0.4, 0.5) is 0 Å². The minimum atomic E-state index is -0.770. The van der Waals surface area contributed by atoms with Crippen molar-refractivity contribution in [1.29, 1.82) is 0 Å². The summed E-state index contributed by atoms with van der Waals surface area (Å²) in [6, 6.07) is 7.20. The first-order valence-corrected chi connectivity index (χ1v) is 7.90. The molecule has 5 heteroatoms. The molecule has 2 atom stereocenters. The van der Waals surface area contributed by atoms with Crippen LogP contribution in [0.25, 0.3) is 0 Å². The first-order valence-electron chi connectivity index (χ1n) is 7.90. The maximum Gasteiger partial charge on any atom is 0.320 e. The summed E-state index contributed by atoms with van der Waals surface area (Å²) in [6.45, 7) is 4.75. The van der Waals surface area contributed by atoms with Gasteiger partial charge in [-0.2, -0.15) is 0 Å². The number of pyridine rings is 2. The molecular formula is C18H21N3O2. The normalized spacial score (nSPS) is 19.7. The number of hydrogen-bond acceptors (Lipinski definition) is 4. The van der Waals surface area contributed by atoms with E-state index in [9.17, 15) is 9.90 Å². The summed E-state index contributed by atoms with van der Waals surface area (Å²) < 4.78 is 0.